The lowest BCUT2D eigenvalue weighted by molar-refractivity contribution is 0.0824. The van der Waals surface area contributed by atoms with Crippen molar-refractivity contribution >= 4 is 16.9 Å². The number of hydrogen-bond donors (Lipinski definition) is 1. The lowest BCUT2D eigenvalue weighted by Gasteiger charge is -2.15. The molecule has 1 amide bonds. The molecule has 0 radical (unpaired) electrons. The number of benzene rings is 2. The topological polar surface area (TPSA) is 58.2 Å². The van der Waals surface area contributed by atoms with Gasteiger partial charge in [0.25, 0.3) is 5.91 Å². The molecule has 22 heavy (non-hydrogen) atoms. The first-order valence-corrected chi connectivity index (χ1v) is 6.95. The Balaban J connectivity index is 2.18. The van der Waals surface area contributed by atoms with Crippen LogP contribution in [0.5, 0.6) is 5.75 Å². The molecule has 3 rings (SSSR count). The zero-order valence-electron chi connectivity index (χ0n) is 12.8. The third kappa shape index (κ3) is 2.30. The highest BCUT2D eigenvalue weighted by molar-refractivity contribution is 5.99. The van der Waals surface area contributed by atoms with E-state index in [1.54, 1.807) is 27.3 Å². The molecular weight excluding hydrogens is 278 g/mol. The summed E-state index contributed by atoms with van der Waals surface area (Å²) in [5.74, 6) is 1.11. The molecular formula is C17H17N3O2. The number of fused-ring (bicyclic) bond motifs is 1. The molecule has 2 aromatic carbocycles. The number of carbonyl (C=O) groups is 1. The number of aromatic nitrogens is 2. The van der Waals surface area contributed by atoms with E-state index in [2.05, 4.69) is 9.97 Å². The molecule has 5 heteroatoms. The molecule has 0 saturated heterocycles. The summed E-state index contributed by atoms with van der Waals surface area (Å²) in [6.07, 6.45) is 0. The number of H-pyrrole nitrogens is 1. The van der Waals surface area contributed by atoms with Crippen LogP contribution in [0.2, 0.25) is 0 Å². The molecule has 0 unspecified atom stereocenters. The van der Waals surface area contributed by atoms with Crippen molar-refractivity contribution in [3.63, 3.8) is 0 Å². The van der Waals surface area contributed by atoms with Gasteiger partial charge in [0.2, 0.25) is 0 Å². The zero-order chi connectivity index (χ0) is 15.7. The monoisotopic (exact) mass is 295 g/mol. The summed E-state index contributed by atoms with van der Waals surface area (Å²) < 4.78 is 5.49. The standard InChI is InChI=1S/C17H17N3O2/c1-20(2)17(21)12-8-6-7-11(15(12)22-3)16-18-13-9-4-5-10-14(13)19-16/h4-10H,1-3H3,(H,18,19). The van der Waals surface area contributed by atoms with Crippen LogP contribution >= 0.6 is 0 Å². The van der Waals surface area contributed by atoms with Gasteiger partial charge in [-0.15, -0.1) is 0 Å². The van der Waals surface area contributed by atoms with E-state index >= 15 is 0 Å². The Bertz CT molecular complexity index is 804. The molecule has 3 aromatic rings. The Labute approximate surface area is 128 Å². The van der Waals surface area contributed by atoms with Gasteiger partial charge in [-0.2, -0.15) is 0 Å². The van der Waals surface area contributed by atoms with Crippen molar-refractivity contribution in [2.24, 2.45) is 0 Å². The molecule has 0 atom stereocenters. The van der Waals surface area contributed by atoms with Crippen molar-refractivity contribution < 1.29 is 9.53 Å². The summed E-state index contributed by atoms with van der Waals surface area (Å²) >= 11 is 0. The van der Waals surface area contributed by atoms with Gasteiger partial charge in [-0.05, 0) is 24.3 Å². The van der Waals surface area contributed by atoms with Gasteiger partial charge < -0.3 is 14.6 Å². The van der Waals surface area contributed by atoms with Gasteiger partial charge in [-0.1, -0.05) is 18.2 Å². The lowest BCUT2D eigenvalue weighted by atomic mass is 10.1. The van der Waals surface area contributed by atoms with Crippen LogP contribution in [0.1, 0.15) is 10.4 Å². The summed E-state index contributed by atoms with van der Waals surface area (Å²) in [7, 11) is 5.00. The van der Waals surface area contributed by atoms with Gasteiger partial charge in [-0.3, -0.25) is 4.79 Å². The predicted molar refractivity (Wildman–Crippen MR) is 86.1 cm³/mol. The first kappa shape index (κ1) is 14.1. The number of rotatable bonds is 3. The van der Waals surface area contributed by atoms with Gasteiger partial charge >= 0.3 is 0 Å². The molecule has 0 bridgehead atoms. The molecule has 0 spiro atoms. The number of ether oxygens (including phenoxy) is 1. The van der Waals surface area contributed by atoms with Crippen LogP contribution in [0, 0.1) is 0 Å². The molecule has 0 saturated carbocycles. The minimum atomic E-state index is -0.102. The lowest BCUT2D eigenvalue weighted by Crippen LogP contribution is -2.22. The first-order valence-electron chi connectivity index (χ1n) is 6.95. The summed E-state index contributed by atoms with van der Waals surface area (Å²) in [6, 6.07) is 13.3. The number of carbonyl (C=O) groups excluding carboxylic acids is 1. The highest BCUT2D eigenvalue weighted by atomic mass is 16.5. The van der Waals surface area contributed by atoms with E-state index in [1.165, 1.54) is 4.90 Å². The number of amides is 1. The largest absolute Gasteiger partial charge is 0.495 e. The second-order valence-corrected chi connectivity index (χ2v) is 5.19. The van der Waals surface area contributed by atoms with E-state index in [9.17, 15) is 4.79 Å². The molecule has 0 fully saturated rings. The number of imidazole rings is 1. The Morgan fingerprint density at radius 1 is 1.14 bits per heavy atom. The molecule has 112 valence electrons. The van der Waals surface area contributed by atoms with E-state index < -0.39 is 0 Å². The predicted octanol–water partition coefficient (Wildman–Crippen LogP) is 2.94. The number of aromatic amines is 1. The number of methoxy groups -OCH3 is 1. The summed E-state index contributed by atoms with van der Waals surface area (Å²) in [5.41, 5.74) is 3.12. The van der Waals surface area contributed by atoms with Crippen LogP contribution in [0.25, 0.3) is 22.4 Å². The van der Waals surface area contributed by atoms with Crippen LogP contribution in [0.3, 0.4) is 0 Å². The van der Waals surface area contributed by atoms with Crippen LogP contribution in [-0.4, -0.2) is 42.0 Å². The minimum absolute atomic E-state index is 0.102. The Morgan fingerprint density at radius 3 is 2.59 bits per heavy atom. The second-order valence-electron chi connectivity index (χ2n) is 5.19. The fourth-order valence-electron chi connectivity index (χ4n) is 2.43. The fraction of sp³-hybridized carbons (Fsp3) is 0.176. The first-order chi connectivity index (χ1) is 10.6. The third-order valence-corrected chi connectivity index (χ3v) is 3.50. The van der Waals surface area contributed by atoms with Crippen molar-refractivity contribution in [1.82, 2.24) is 14.9 Å². The van der Waals surface area contributed by atoms with E-state index in [1.807, 2.05) is 36.4 Å². The van der Waals surface area contributed by atoms with Gasteiger partial charge in [0.05, 0.1) is 29.3 Å². The van der Waals surface area contributed by atoms with E-state index in [0.29, 0.717) is 17.1 Å². The van der Waals surface area contributed by atoms with Crippen molar-refractivity contribution in [3.8, 4) is 17.1 Å². The van der Waals surface area contributed by atoms with Crippen molar-refractivity contribution in [2.75, 3.05) is 21.2 Å². The van der Waals surface area contributed by atoms with Crippen molar-refractivity contribution in [2.45, 2.75) is 0 Å². The Hall–Kier alpha value is -2.82. The van der Waals surface area contributed by atoms with Crippen molar-refractivity contribution in [3.05, 3.63) is 48.0 Å². The summed E-state index contributed by atoms with van der Waals surface area (Å²) in [4.78, 5) is 21.7. The maximum atomic E-state index is 12.3. The minimum Gasteiger partial charge on any atom is -0.495 e. The van der Waals surface area contributed by atoms with Gasteiger partial charge in [0, 0.05) is 14.1 Å². The molecule has 1 N–H and O–H groups in total. The molecule has 0 aliphatic heterocycles. The average Bonchev–Trinajstić information content (AvgIpc) is 2.97. The molecule has 0 aliphatic rings. The van der Waals surface area contributed by atoms with Crippen LogP contribution in [0.15, 0.2) is 42.5 Å². The summed E-state index contributed by atoms with van der Waals surface area (Å²) in [6.45, 7) is 0. The highest BCUT2D eigenvalue weighted by Crippen LogP contribution is 2.33. The molecule has 5 nitrogen and oxygen atoms in total. The highest BCUT2D eigenvalue weighted by Gasteiger charge is 2.19. The smallest absolute Gasteiger partial charge is 0.257 e. The zero-order valence-corrected chi connectivity index (χ0v) is 12.8. The molecule has 1 aromatic heterocycles. The maximum Gasteiger partial charge on any atom is 0.257 e. The van der Waals surface area contributed by atoms with E-state index in [4.69, 9.17) is 4.74 Å². The molecule has 0 aliphatic carbocycles. The van der Waals surface area contributed by atoms with Gasteiger partial charge in [-0.25, -0.2) is 4.98 Å². The number of hydrogen-bond acceptors (Lipinski definition) is 3. The summed E-state index contributed by atoms with van der Waals surface area (Å²) in [5, 5.41) is 0. The fourth-order valence-corrected chi connectivity index (χ4v) is 2.43. The second kappa shape index (κ2) is 5.52. The Kier molecular flexibility index (Phi) is 3.55. The van der Waals surface area contributed by atoms with Crippen LogP contribution in [0.4, 0.5) is 0 Å². The number of para-hydroxylation sites is 3. The number of nitrogens with one attached hydrogen (secondary N) is 1. The molecule has 1 heterocycles. The number of nitrogens with zero attached hydrogens (tertiary/aromatic N) is 2. The Morgan fingerprint density at radius 2 is 1.91 bits per heavy atom. The van der Waals surface area contributed by atoms with Gasteiger partial charge in [0.15, 0.2) is 0 Å². The third-order valence-electron chi connectivity index (χ3n) is 3.50. The SMILES string of the molecule is COc1c(C(=O)N(C)C)cccc1-c1nc2ccccc2[nH]1. The van der Waals surface area contributed by atoms with E-state index in [-0.39, 0.29) is 5.91 Å². The normalized spacial score (nSPS) is 10.7. The van der Waals surface area contributed by atoms with Gasteiger partial charge in [0.1, 0.15) is 11.6 Å². The van der Waals surface area contributed by atoms with Crippen molar-refractivity contribution in [1.29, 1.82) is 0 Å². The quantitative estimate of drug-likeness (QED) is 0.808. The van der Waals surface area contributed by atoms with Crippen LogP contribution < -0.4 is 4.74 Å². The van der Waals surface area contributed by atoms with Crippen LogP contribution in [-0.2, 0) is 0 Å². The maximum absolute atomic E-state index is 12.3. The van der Waals surface area contributed by atoms with E-state index in [0.717, 1.165) is 16.6 Å². The average molecular weight is 295 g/mol.